The standard InChI is InChI=1S/C19H24ClNO2/c1-4-14(2)21-12-16-10-17(20)11-18(22-3)19(16)23-13-15-8-6-5-7-9-15/h5-11,14,21H,4,12-13H2,1-3H3/t14-/m1/s1. The third kappa shape index (κ3) is 5.15. The van der Waals surface area contributed by atoms with Crippen LogP contribution in [-0.2, 0) is 13.2 Å². The van der Waals surface area contributed by atoms with Crippen molar-refractivity contribution in [3.8, 4) is 11.5 Å². The highest BCUT2D eigenvalue weighted by atomic mass is 35.5. The number of halogens is 1. The predicted octanol–water partition coefficient (Wildman–Crippen LogP) is 4.82. The van der Waals surface area contributed by atoms with Crippen LogP contribution < -0.4 is 14.8 Å². The molecule has 0 fully saturated rings. The molecule has 0 amide bonds. The minimum Gasteiger partial charge on any atom is -0.493 e. The Bertz CT molecular complexity index is 616. The highest BCUT2D eigenvalue weighted by molar-refractivity contribution is 6.30. The van der Waals surface area contributed by atoms with Crippen molar-refractivity contribution in [2.75, 3.05) is 7.11 Å². The van der Waals surface area contributed by atoms with Crippen LogP contribution in [0.15, 0.2) is 42.5 Å². The summed E-state index contributed by atoms with van der Waals surface area (Å²) < 4.78 is 11.5. The van der Waals surface area contributed by atoms with Crippen molar-refractivity contribution in [2.24, 2.45) is 0 Å². The first-order valence-corrected chi connectivity index (χ1v) is 8.28. The first-order valence-electron chi connectivity index (χ1n) is 7.90. The van der Waals surface area contributed by atoms with Crippen LogP contribution in [0.2, 0.25) is 5.02 Å². The van der Waals surface area contributed by atoms with E-state index in [1.165, 1.54) is 0 Å². The molecule has 0 aromatic heterocycles. The molecule has 2 aromatic rings. The molecule has 2 aromatic carbocycles. The zero-order valence-electron chi connectivity index (χ0n) is 13.9. The minimum absolute atomic E-state index is 0.432. The Morgan fingerprint density at radius 1 is 1.17 bits per heavy atom. The molecular formula is C19H24ClNO2. The summed E-state index contributed by atoms with van der Waals surface area (Å²) in [6.45, 7) is 5.50. The third-order valence-corrected chi connectivity index (χ3v) is 4.01. The molecule has 0 spiro atoms. The SMILES string of the molecule is CC[C@@H](C)NCc1cc(Cl)cc(OC)c1OCc1ccccc1. The van der Waals surface area contributed by atoms with E-state index in [2.05, 4.69) is 19.2 Å². The van der Waals surface area contributed by atoms with E-state index in [9.17, 15) is 0 Å². The maximum atomic E-state index is 6.20. The van der Waals surface area contributed by atoms with Gasteiger partial charge in [0, 0.05) is 29.2 Å². The fourth-order valence-corrected chi connectivity index (χ4v) is 2.46. The molecule has 2 rings (SSSR count). The summed E-state index contributed by atoms with van der Waals surface area (Å²) in [7, 11) is 1.63. The summed E-state index contributed by atoms with van der Waals surface area (Å²) >= 11 is 6.20. The van der Waals surface area contributed by atoms with Crippen molar-refractivity contribution in [1.82, 2.24) is 5.32 Å². The Hall–Kier alpha value is -1.71. The van der Waals surface area contributed by atoms with Crippen LogP contribution in [0.3, 0.4) is 0 Å². The lowest BCUT2D eigenvalue weighted by atomic mass is 10.1. The molecule has 124 valence electrons. The predicted molar refractivity (Wildman–Crippen MR) is 95.4 cm³/mol. The summed E-state index contributed by atoms with van der Waals surface area (Å²) in [6.07, 6.45) is 1.07. The molecule has 0 radical (unpaired) electrons. The van der Waals surface area contributed by atoms with Crippen molar-refractivity contribution in [2.45, 2.75) is 39.5 Å². The van der Waals surface area contributed by atoms with E-state index in [1.807, 2.05) is 36.4 Å². The Labute approximate surface area is 143 Å². The minimum atomic E-state index is 0.432. The highest BCUT2D eigenvalue weighted by Gasteiger charge is 2.14. The van der Waals surface area contributed by atoms with Gasteiger partial charge in [0.25, 0.3) is 0 Å². The molecule has 0 bridgehead atoms. The van der Waals surface area contributed by atoms with Crippen LogP contribution in [0.25, 0.3) is 0 Å². The molecule has 0 aliphatic heterocycles. The van der Waals surface area contributed by atoms with Gasteiger partial charge in [-0.05, 0) is 25.0 Å². The second kappa shape index (κ2) is 8.80. The van der Waals surface area contributed by atoms with Gasteiger partial charge in [-0.2, -0.15) is 0 Å². The van der Waals surface area contributed by atoms with Crippen molar-refractivity contribution < 1.29 is 9.47 Å². The van der Waals surface area contributed by atoms with Gasteiger partial charge in [-0.3, -0.25) is 0 Å². The number of methoxy groups -OCH3 is 1. The molecule has 0 aliphatic carbocycles. The fourth-order valence-electron chi connectivity index (χ4n) is 2.23. The van der Waals surface area contributed by atoms with Gasteiger partial charge in [0.05, 0.1) is 7.11 Å². The summed E-state index contributed by atoms with van der Waals surface area (Å²) in [4.78, 5) is 0. The summed E-state index contributed by atoms with van der Waals surface area (Å²) in [5, 5.41) is 4.12. The van der Waals surface area contributed by atoms with Gasteiger partial charge in [0.15, 0.2) is 11.5 Å². The zero-order chi connectivity index (χ0) is 16.7. The van der Waals surface area contributed by atoms with Crippen LogP contribution in [-0.4, -0.2) is 13.2 Å². The van der Waals surface area contributed by atoms with Crippen LogP contribution >= 0.6 is 11.6 Å². The van der Waals surface area contributed by atoms with E-state index in [-0.39, 0.29) is 0 Å². The number of rotatable bonds is 8. The van der Waals surface area contributed by atoms with Crippen molar-refractivity contribution >= 4 is 11.6 Å². The van der Waals surface area contributed by atoms with E-state index in [4.69, 9.17) is 21.1 Å². The summed E-state index contributed by atoms with van der Waals surface area (Å²) in [5.41, 5.74) is 2.12. The lowest BCUT2D eigenvalue weighted by Crippen LogP contribution is -2.24. The highest BCUT2D eigenvalue weighted by Crippen LogP contribution is 2.35. The maximum absolute atomic E-state index is 6.20. The lowest BCUT2D eigenvalue weighted by Gasteiger charge is -2.18. The fraction of sp³-hybridized carbons (Fsp3) is 0.368. The van der Waals surface area contributed by atoms with E-state index in [0.717, 1.165) is 23.3 Å². The van der Waals surface area contributed by atoms with Crippen LogP contribution in [0.4, 0.5) is 0 Å². The Balaban J connectivity index is 2.20. The van der Waals surface area contributed by atoms with Crippen LogP contribution in [0, 0.1) is 0 Å². The second-order valence-corrected chi connectivity index (χ2v) is 6.00. The number of ether oxygens (including phenoxy) is 2. The Morgan fingerprint density at radius 3 is 2.57 bits per heavy atom. The first kappa shape index (κ1) is 17.6. The maximum Gasteiger partial charge on any atom is 0.166 e. The molecule has 3 nitrogen and oxygen atoms in total. The molecule has 1 N–H and O–H groups in total. The molecule has 1 atom stereocenters. The number of benzene rings is 2. The van der Waals surface area contributed by atoms with E-state index in [1.54, 1.807) is 13.2 Å². The molecule has 0 unspecified atom stereocenters. The molecule has 0 aliphatic rings. The summed E-state index contributed by atoms with van der Waals surface area (Å²) in [5.74, 6) is 1.41. The van der Waals surface area contributed by atoms with Gasteiger partial charge in [-0.15, -0.1) is 0 Å². The topological polar surface area (TPSA) is 30.5 Å². The number of nitrogens with one attached hydrogen (secondary N) is 1. The van der Waals surface area contributed by atoms with Crippen LogP contribution in [0.5, 0.6) is 11.5 Å². The monoisotopic (exact) mass is 333 g/mol. The van der Waals surface area contributed by atoms with Crippen LogP contribution in [0.1, 0.15) is 31.4 Å². The van der Waals surface area contributed by atoms with Crippen molar-refractivity contribution in [3.05, 3.63) is 58.6 Å². The van der Waals surface area contributed by atoms with E-state index < -0.39 is 0 Å². The number of hydrogen-bond donors (Lipinski definition) is 1. The average molecular weight is 334 g/mol. The molecular weight excluding hydrogens is 310 g/mol. The second-order valence-electron chi connectivity index (χ2n) is 5.56. The molecule has 0 saturated carbocycles. The Kier molecular flexibility index (Phi) is 6.75. The molecule has 0 saturated heterocycles. The van der Waals surface area contributed by atoms with Gasteiger partial charge in [0.1, 0.15) is 6.61 Å². The third-order valence-electron chi connectivity index (χ3n) is 3.80. The largest absolute Gasteiger partial charge is 0.493 e. The zero-order valence-corrected chi connectivity index (χ0v) is 14.7. The first-order chi connectivity index (χ1) is 11.1. The average Bonchev–Trinajstić information content (AvgIpc) is 2.58. The molecule has 23 heavy (non-hydrogen) atoms. The molecule has 0 heterocycles. The normalized spacial score (nSPS) is 12.0. The quantitative estimate of drug-likeness (QED) is 0.751. The molecule has 4 heteroatoms. The Morgan fingerprint density at radius 2 is 1.91 bits per heavy atom. The number of hydrogen-bond acceptors (Lipinski definition) is 3. The smallest absolute Gasteiger partial charge is 0.166 e. The van der Waals surface area contributed by atoms with Gasteiger partial charge in [-0.1, -0.05) is 48.9 Å². The van der Waals surface area contributed by atoms with Gasteiger partial charge >= 0.3 is 0 Å². The van der Waals surface area contributed by atoms with Gasteiger partial charge in [-0.25, -0.2) is 0 Å². The van der Waals surface area contributed by atoms with E-state index >= 15 is 0 Å². The lowest BCUT2D eigenvalue weighted by molar-refractivity contribution is 0.280. The van der Waals surface area contributed by atoms with Gasteiger partial charge in [0.2, 0.25) is 0 Å². The van der Waals surface area contributed by atoms with E-state index in [0.29, 0.717) is 30.0 Å². The van der Waals surface area contributed by atoms with Crippen molar-refractivity contribution in [1.29, 1.82) is 0 Å². The van der Waals surface area contributed by atoms with Gasteiger partial charge < -0.3 is 14.8 Å². The van der Waals surface area contributed by atoms with Crippen molar-refractivity contribution in [3.63, 3.8) is 0 Å². The summed E-state index contributed by atoms with van der Waals surface area (Å²) in [6, 6.07) is 14.2.